The maximum Gasteiger partial charge on any atom is 0.252 e. The average Bonchev–Trinajstić information content (AvgIpc) is 0.765. The average molecular weight is 1320 g/mol. The molecule has 14 aromatic carbocycles. The van der Waals surface area contributed by atoms with Gasteiger partial charge in [-0.25, -0.2) is 0 Å². The molecule has 0 unspecified atom stereocenters. The van der Waals surface area contributed by atoms with Crippen LogP contribution in [0.2, 0.25) is 0 Å². The lowest BCUT2D eigenvalue weighted by atomic mass is 9.33. The molecule has 0 bridgehead atoms. The quantitative estimate of drug-likeness (QED) is 0.0794. The lowest BCUT2D eigenvalue weighted by Crippen LogP contribution is -2.75. The van der Waals surface area contributed by atoms with Crippen LogP contribution in [0.5, 0.6) is 0 Å². The van der Waals surface area contributed by atoms with Crippen LogP contribution in [0.4, 0.5) is 34.1 Å². The lowest BCUT2D eigenvalue weighted by Gasteiger charge is -2.45. The van der Waals surface area contributed by atoms with E-state index in [9.17, 15) is 0 Å². The Kier molecular flexibility index (Phi) is 15.7. The van der Waals surface area contributed by atoms with Gasteiger partial charge in [0.2, 0.25) is 0 Å². The minimum atomic E-state index is -3.27. The fraction of sp³-hybridized carbons (Fsp3) is 0.106. The van der Waals surface area contributed by atoms with Gasteiger partial charge in [-0.1, -0.05) is 340 Å². The van der Waals surface area contributed by atoms with Gasteiger partial charge < -0.3 is 14.4 Å². The molecule has 0 aliphatic carbocycles. The highest BCUT2D eigenvalue weighted by Gasteiger charge is 2.48. The van der Waals surface area contributed by atoms with Crippen LogP contribution in [0.15, 0.2) is 346 Å². The minimum Gasteiger partial charge on any atom is -0.311 e. The molecule has 0 radical (unpaired) electrons. The molecule has 2 aliphatic heterocycles. The van der Waals surface area contributed by atoms with Crippen molar-refractivity contribution in [2.45, 2.75) is 65.7 Å². The molecule has 2 aliphatic rings. The van der Waals surface area contributed by atoms with Gasteiger partial charge in [0.05, 0.1) is 22.4 Å². The highest BCUT2D eigenvalue weighted by Crippen LogP contribution is 2.48. The molecule has 482 valence electrons. The van der Waals surface area contributed by atoms with Crippen molar-refractivity contribution in [1.29, 1.82) is 0 Å². The third-order valence-electron chi connectivity index (χ3n) is 21.7. The van der Waals surface area contributed by atoms with Crippen molar-refractivity contribution in [3.63, 3.8) is 0 Å². The number of nitrogens with zero attached hydrogens (tertiary/aromatic N) is 3. The van der Waals surface area contributed by atoms with Crippen molar-refractivity contribution in [1.82, 2.24) is 4.57 Å². The zero-order valence-corrected chi connectivity index (χ0v) is 60.0. The van der Waals surface area contributed by atoms with Gasteiger partial charge in [-0.05, 0) is 152 Å². The highest BCUT2D eigenvalue weighted by atomic mass is 28.3. The Morgan fingerprint density at radius 2 is 0.740 bits per heavy atom. The van der Waals surface area contributed by atoms with E-state index < -0.39 is 16.1 Å². The summed E-state index contributed by atoms with van der Waals surface area (Å²) in [7, 11) is -6.37. The van der Waals surface area contributed by atoms with Crippen molar-refractivity contribution in [3.8, 4) is 16.8 Å². The smallest absolute Gasteiger partial charge is 0.252 e. The molecule has 1 aromatic heterocycles. The molecule has 0 fully saturated rings. The molecule has 100 heavy (non-hydrogen) atoms. The summed E-state index contributed by atoms with van der Waals surface area (Å²) in [4.78, 5) is 5.35. The van der Waals surface area contributed by atoms with Crippen molar-refractivity contribution < 1.29 is 0 Å². The first-order valence-corrected chi connectivity index (χ1v) is 39.6. The number of aromatic nitrogens is 1. The van der Waals surface area contributed by atoms with Gasteiger partial charge in [0.1, 0.15) is 0 Å². The zero-order chi connectivity index (χ0) is 67.9. The Morgan fingerprint density at radius 3 is 1.28 bits per heavy atom. The summed E-state index contributed by atoms with van der Waals surface area (Å²) in [6, 6.07) is 134. The van der Waals surface area contributed by atoms with Crippen LogP contribution in [0.1, 0.15) is 77.0 Å². The zero-order valence-electron chi connectivity index (χ0n) is 58.0. The molecule has 0 saturated heterocycles. The van der Waals surface area contributed by atoms with Crippen molar-refractivity contribution in [3.05, 3.63) is 362 Å². The number of hydrogen-bond acceptors (Lipinski definition) is 2. The summed E-state index contributed by atoms with van der Waals surface area (Å²) >= 11 is 0. The monoisotopic (exact) mass is 1320 g/mol. The van der Waals surface area contributed by atoms with E-state index in [0.717, 1.165) is 39.5 Å². The van der Waals surface area contributed by atoms with E-state index in [1.807, 2.05) is 0 Å². The topological polar surface area (TPSA) is 11.4 Å². The van der Waals surface area contributed by atoms with Crippen LogP contribution in [-0.2, 0) is 5.41 Å². The maximum atomic E-state index is 2.72. The maximum absolute atomic E-state index is 3.27. The highest BCUT2D eigenvalue weighted by molar-refractivity contribution is 7.20. The number of fused-ring (bicyclic) bond motifs is 7. The predicted octanol–water partition coefficient (Wildman–Crippen LogP) is 16.8. The molecule has 17 rings (SSSR count). The van der Waals surface area contributed by atoms with E-state index in [-0.39, 0.29) is 12.1 Å². The van der Waals surface area contributed by atoms with Gasteiger partial charge in [-0.2, -0.15) is 0 Å². The molecule has 0 amide bonds. The predicted molar refractivity (Wildman–Crippen MR) is 434 cm³/mol. The number of hydrogen-bond donors (Lipinski definition) is 0. The van der Waals surface area contributed by atoms with E-state index in [1.165, 1.54) is 108 Å². The second-order valence-electron chi connectivity index (χ2n) is 29.1. The molecule has 0 N–H and O–H groups in total. The van der Waals surface area contributed by atoms with Crippen molar-refractivity contribution in [2.24, 2.45) is 0 Å². The summed E-state index contributed by atoms with van der Waals surface area (Å²) < 4.78 is 2.54. The standard InChI is InChI=1S/C94H80BN3Si2/c1-65(2)68-57-69(66(3)4)60-80(59-68)100(76-42-19-11-20-43-76,77-44-21-12-22-45-77)79-55-56-85-90(64-79)96(71-35-32-46-78(61-71)99(73-36-13-8-14-37-73,74-38-15-9-16-39-74)75-40-17-10-18-41-75)91-62-72(97-87-52-28-24-48-82(87)83-49-25-29-53-88(83)97)63-92-93(91)95(85)84-50-26-30-54-89(84)98(92)86-51-27-23-47-81(86)67-33-31-34-70(58-67)94(5,6)7/h8-66H,1-7H3. The lowest BCUT2D eigenvalue weighted by molar-refractivity contribution is 0.590. The van der Waals surface area contributed by atoms with Crippen molar-refractivity contribution in [2.75, 3.05) is 9.80 Å². The SMILES string of the molecule is CC(C)c1cc(C(C)C)cc([Si](c2ccccc2)(c2ccccc2)c2ccc3c(c2)N(c2cccc([Si](c4ccccc4)(c4ccccc4)c4ccccc4)c2)c2cc(-n4c5ccccc5c5ccccc54)cc4c2B3c2ccccc2N4c2ccccc2-c2cccc(C(C)(C)C)c2)c1. The minimum absolute atomic E-state index is 0.0510. The molecule has 3 nitrogen and oxygen atoms in total. The van der Waals surface area contributed by atoms with Gasteiger partial charge in [0.25, 0.3) is 6.71 Å². The first-order valence-electron chi connectivity index (χ1n) is 35.6. The summed E-state index contributed by atoms with van der Waals surface area (Å²) in [5.74, 6) is 0.641. The van der Waals surface area contributed by atoms with Crippen LogP contribution in [-0.4, -0.2) is 27.4 Å². The molecule has 3 heterocycles. The largest absolute Gasteiger partial charge is 0.311 e. The summed E-state index contributed by atoms with van der Waals surface area (Å²) in [6.45, 7) is 16.2. The Labute approximate surface area is 592 Å². The molecule has 0 saturated carbocycles. The molecular weight excluding hydrogens is 1240 g/mol. The molecule has 6 heteroatoms. The fourth-order valence-electron chi connectivity index (χ4n) is 17.0. The summed E-state index contributed by atoms with van der Waals surface area (Å²) in [5.41, 5.74) is 20.5. The first kappa shape index (κ1) is 62.5. The number of para-hydroxylation sites is 4. The third-order valence-corrected chi connectivity index (χ3v) is 31.2. The van der Waals surface area contributed by atoms with Gasteiger partial charge >= 0.3 is 0 Å². The second kappa shape index (κ2) is 25.1. The Hall–Kier alpha value is -11.0. The summed E-state index contributed by atoms with van der Waals surface area (Å²) in [5, 5.41) is 13.2. The second-order valence-corrected chi connectivity index (χ2v) is 36.7. The number of anilines is 6. The van der Waals surface area contributed by atoms with Crippen LogP contribution in [0.3, 0.4) is 0 Å². The van der Waals surface area contributed by atoms with E-state index in [0.29, 0.717) is 11.8 Å². The number of rotatable bonds is 14. The molecule has 15 aromatic rings. The Morgan fingerprint density at radius 1 is 0.300 bits per heavy atom. The van der Waals surface area contributed by atoms with Crippen LogP contribution >= 0.6 is 0 Å². The van der Waals surface area contributed by atoms with Crippen molar-refractivity contribution >= 4 is 137 Å². The van der Waals surface area contributed by atoms with Gasteiger partial charge in [-0.3, -0.25) is 0 Å². The van der Waals surface area contributed by atoms with E-state index in [2.05, 4.69) is 409 Å². The van der Waals surface area contributed by atoms with Gasteiger partial charge in [-0.15, -0.1) is 0 Å². The van der Waals surface area contributed by atoms with Crippen LogP contribution in [0, 0.1) is 0 Å². The van der Waals surface area contributed by atoms with Crippen LogP contribution < -0.4 is 67.7 Å². The van der Waals surface area contributed by atoms with Gasteiger partial charge in [0, 0.05) is 44.8 Å². The molecule has 0 atom stereocenters. The number of benzene rings is 14. The first-order chi connectivity index (χ1) is 48.9. The van der Waals surface area contributed by atoms with E-state index in [4.69, 9.17) is 0 Å². The van der Waals surface area contributed by atoms with Crippen LogP contribution in [0.25, 0.3) is 38.6 Å². The third kappa shape index (κ3) is 10.1. The van der Waals surface area contributed by atoms with E-state index in [1.54, 1.807) is 0 Å². The summed E-state index contributed by atoms with van der Waals surface area (Å²) in [6.07, 6.45) is 0. The fourth-order valence-corrected chi connectivity index (χ4v) is 26.6. The normalized spacial score (nSPS) is 12.9. The van der Waals surface area contributed by atoms with Gasteiger partial charge in [0.15, 0.2) is 16.1 Å². The molecular formula is C94H80BN3Si2. The van der Waals surface area contributed by atoms with E-state index >= 15 is 0 Å². The Bertz CT molecular complexity index is 5350. The molecule has 0 spiro atoms. The Balaban J connectivity index is 1.04.